The Kier molecular flexibility index (Phi) is 6.06. The van der Waals surface area contributed by atoms with E-state index in [1.807, 2.05) is 66.7 Å². The van der Waals surface area contributed by atoms with Crippen LogP contribution >= 0.6 is 23.1 Å². The van der Waals surface area contributed by atoms with Crippen LogP contribution in [0.15, 0.2) is 77.1 Å². The Labute approximate surface area is 171 Å². The van der Waals surface area contributed by atoms with Gasteiger partial charge in [-0.1, -0.05) is 71.6 Å². The number of nitrogens with one attached hydrogen (secondary N) is 1. The van der Waals surface area contributed by atoms with Gasteiger partial charge in [-0.05, 0) is 35.0 Å². The zero-order chi connectivity index (χ0) is 19.2. The Morgan fingerprint density at radius 3 is 2.61 bits per heavy atom. The molecule has 3 aromatic carbocycles. The lowest BCUT2D eigenvalue weighted by Crippen LogP contribution is -2.20. The number of thioether (sulfide) groups is 1. The monoisotopic (exact) mass is 409 g/mol. The van der Waals surface area contributed by atoms with Gasteiger partial charge in [0.1, 0.15) is 12.4 Å². The fourth-order valence-corrected chi connectivity index (χ4v) is 4.33. The predicted molar refractivity (Wildman–Crippen MR) is 116 cm³/mol. The second kappa shape index (κ2) is 9.05. The molecular weight excluding hydrogens is 390 g/mol. The van der Waals surface area contributed by atoms with E-state index in [2.05, 4.69) is 21.6 Å². The number of aliphatic hydroxyl groups is 1. The summed E-state index contributed by atoms with van der Waals surface area (Å²) in [5, 5.41) is 24.8. The summed E-state index contributed by atoms with van der Waals surface area (Å²) < 4.78 is 6.55. The maximum atomic E-state index is 10.2. The molecule has 5 nitrogen and oxygen atoms in total. The molecule has 0 bridgehead atoms. The van der Waals surface area contributed by atoms with Crippen LogP contribution in [0.4, 0.5) is 10.8 Å². The molecule has 1 unspecified atom stereocenters. The average Bonchev–Trinajstić information content (AvgIpc) is 3.18. The molecule has 1 aromatic heterocycles. The third-order valence-corrected chi connectivity index (χ3v) is 6.11. The van der Waals surface area contributed by atoms with Crippen LogP contribution in [0.3, 0.4) is 0 Å². The molecule has 1 atom stereocenters. The Morgan fingerprint density at radius 2 is 1.75 bits per heavy atom. The minimum Gasteiger partial charge on any atom is -0.491 e. The van der Waals surface area contributed by atoms with Gasteiger partial charge in [0.2, 0.25) is 5.13 Å². The van der Waals surface area contributed by atoms with Crippen molar-refractivity contribution in [3.05, 3.63) is 72.8 Å². The molecule has 142 valence electrons. The highest BCUT2D eigenvalue weighted by atomic mass is 32.2. The van der Waals surface area contributed by atoms with Gasteiger partial charge >= 0.3 is 0 Å². The molecule has 28 heavy (non-hydrogen) atoms. The number of rotatable bonds is 8. The van der Waals surface area contributed by atoms with Gasteiger partial charge in [-0.3, -0.25) is 0 Å². The standard InChI is InChI=1S/C21H19N3O2S2/c25-18(13-26-19-11-10-15-6-4-5-7-16(15)12-19)14-27-21-24-23-20(28-21)22-17-8-2-1-3-9-17/h1-12,18,25H,13-14H2,(H,22,23). The molecule has 0 aliphatic rings. The second-order valence-electron chi connectivity index (χ2n) is 6.15. The van der Waals surface area contributed by atoms with E-state index >= 15 is 0 Å². The van der Waals surface area contributed by atoms with Crippen LogP contribution in [-0.4, -0.2) is 33.8 Å². The van der Waals surface area contributed by atoms with Crippen LogP contribution in [0.2, 0.25) is 0 Å². The maximum Gasteiger partial charge on any atom is 0.210 e. The highest BCUT2D eigenvalue weighted by molar-refractivity contribution is 8.01. The molecule has 0 saturated heterocycles. The number of benzene rings is 3. The minimum absolute atomic E-state index is 0.235. The van der Waals surface area contributed by atoms with E-state index in [0.29, 0.717) is 5.75 Å². The van der Waals surface area contributed by atoms with E-state index in [0.717, 1.165) is 26.3 Å². The number of aromatic nitrogens is 2. The molecule has 4 rings (SSSR count). The number of nitrogens with zero attached hydrogens (tertiary/aromatic N) is 2. The van der Waals surface area contributed by atoms with Crippen molar-refractivity contribution in [3.8, 4) is 5.75 Å². The summed E-state index contributed by atoms with van der Waals surface area (Å²) in [5.41, 5.74) is 0.971. The summed E-state index contributed by atoms with van der Waals surface area (Å²) in [7, 11) is 0. The number of ether oxygens (including phenoxy) is 1. The number of anilines is 2. The van der Waals surface area contributed by atoms with Crippen molar-refractivity contribution in [2.45, 2.75) is 10.4 Å². The van der Waals surface area contributed by atoms with E-state index in [4.69, 9.17) is 4.74 Å². The Hall–Kier alpha value is -2.61. The largest absolute Gasteiger partial charge is 0.491 e. The van der Waals surface area contributed by atoms with Crippen LogP contribution < -0.4 is 10.1 Å². The molecule has 7 heteroatoms. The van der Waals surface area contributed by atoms with Crippen molar-refractivity contribution < 1.29 is 9.84 Å². The van der Waals surface area contributed by atoms with E-state index in [9.17, 15) is 5.11 Å². The topological polar surface area (TPSA) is 67.3 Å². The van der Waals surface area contributed by atoms with Crippen LogP contribution in [0.25, 0.3) is 10.8 Å². The summed E-state index contributed by atoms with van der Waals surface area (Å²) in [6.07, 6.45) is -0.592. The van der Waals surface area contributed by atoms with Gasteiger partial charge in [-0.25, -0.2) is 0 Å². The Balaban J connectivity index is 1.25. The van der Waals surface area contributed by atoms with E-state index in [1.165, 1.54) is 28.5 Å². The van der Waals surface area contributed by atoms with Crippen molar-refractivity contribution in [3.63, 3.8) is 0 Å². The van der Waals surface area contributed by atoms with Gasteiger partial charge in [0.25, 0.3) is 0 Å². The Morgan fingerprint density at radius 1 is 0.964 bits per heavy atom. The summed E-state index contributed by atoms with van der Waals surface area (Å²) in [6, 6.07) is 23.9. The SMILES string of the molecule is OC(COc1ccc2ccccc2c1)CSc1nnc(Nc2ccccc2)s1. The first-order chi connectivity index (χ1) is 13.8. The zero-order valence-corrected chi connectivity index (χ0v) is 16.6. The number of fused-ring (bicyclic) bond motifs is 1. The van der Waals surface area contributed by atoms with Gasteiger partial charge in [0.15, 0.2) is 4.34 Å². The molecule has 0 saturated carbocycles. The van der Waals surface area contributed by atoms with E-state index in [1.54, 1.807) is 0 Å². The van der Waals surface area contributed by atoms with Crippen molar-refractivity contribution in [2.24, 2.45) is 0 Å². The first-order valence-corrected chi connectivity index (χ1v) is 10.6. The number of aliphatic hydroxyl groups excluding tert-OH is 1. The third-order valence-electron chi connectivity index (χ3n) is 3.99. The van der Waals surface area contributed by atoms with Crippen molar-refractivity contribution in [1.82, 2.24) is 10.2 Å². The fraction of sp³-hybridized carbons (Fsp3) is 0.143. The van der Waals surface area contributed by atoms with E-state index < -0.39 is 6.10 Å². The maximum absolute atomic E-state index is 10.2. The average molecular weight is 410 g/mol. The molecule has 4 aromatic rings. The Bertz CT molecular complexity index is 1040. The number of hydrogen-bond donors (Lipinski definition) is 2. The summed E-state index contributed by atoms with van der Waals surface area (Å²) in [6.45, 7) is 0.235. The van der Waals surface area contributed by atoms with Gasteiger partial charge in [-0.2, -0.15) is 0 Å². The quantitative estimate of drug-likeness (QED) is 0.401. The highest BCUT2D eigenvalue weighted by Crippen LogP contribution is 2.28. The van der Waals surface area contributed by atoms with Crippen molar-refractivity contribution >= 4 is 44.7 Å². The lowest BCUT2D eigenvalue weighted by molar-refractivity contribution is 0.126. The first-order valence-electron chi connectivity index (χ1n) is 8.84. The van der Waals surface area contributed by atoms with E-state index in [-0.39, 0.29) is 6.61 Å². The molecule has 0 aliphatic heterocycles. The highest BCUT2D eigenvalue weighted by Gasteiger charge is 2.10. The summed E-state index contributed by atoms with van der Waals surface area (Å²) in [4.78, 5) is 0. The molecule has 1 heterocycles. The van der Waals surface area contributed by atoms with Crippen LogP contribution in [0.1, 0.15) is 0 Å². The minimum atomic E-state index is -0.592. The summed E-state index contributed by atoms with van der Waals surface area (Å²) in [5.74, 6) is 1.25. The van der Waals surface area contributed by atoms with Crippen molar-refractivity contribution in [1.29, 1.82) is 0 Å². The molecule has 0 radical (unpaired) electrons. The lowest BCUT2D eigenvalue weighted by Gasteiger charge is -2.11. The molecular formula is C21H19N3O2S2. The second-order valence-corrected chi connectivity index (χ2v) is 8.39. The van der Waals surface area contributed by atoms with Crippen LogP contribution in [0, 0.1) is 0 Å². The van der Waals surface area contributed by atoms with Gasteiger partial charge < -0.3 is 15.2 Å². The van der Waals surface area contributed by atoms with Gasteiger partial charge in [0.05, 0.1) is 6.10 Å². The van der Waals surface area contributed by atoms with Crippen LogP contribution in [0.5, 0.6) is 5.75 Å². The van der Waals surface area contributed by atoms with Gasteiger partial charge in [0, 0.05) is 11.4 Å². The molecule has 2 N–H and O–H groups in total. The number of hydrogen-bond acceptors (Lipinski definition) is 7. The molecule has 0 fully saturated rings. The molecule has 0 spiro atoms. The van der Waals surface area contributed by atoms with Crippen molar-refractivity contribution in [2.75, 3.05) is 17.7 Å². The number of para-hydroxylation sites is 1. The predicted octanol–water partition coefficient (Wildman–Crippen LogP) is 4.97. The summed E-state index contributed by atoms with van der Waals surface area (Å²) >= 11 is 2.94. The normalized spacial score (nSPS) is 12.0. The molecule has 0 amide bonds. The fourth-order valence-electron chi connectivity index (χ4n) is 2.63. The van der Waals surface area contributed by atoms with Gasteiger partial charge in [-0.15, -0.1) is 10.2 Å². The molecule has 0 aliphatic carbocycles. The van der Waals surface area contributed by atoms with Crippen LogP contribution in [-0.2, 0) is 0 Å². The smallest absolute Gasteiger partial charge is 0.210 e. The third kappa shape index (κ3) is 5.01. The lowest BCUT2D eigenvalue weighted by atomic mass is 10.1. The first kappa shape index (κ1) is 18.7. The zero-order valence-electron chi connectivity index (χ0n) is 15.0.